The van der Waals surface area contributed by atoms with Crippen molar-refractivity contribution in [2.24, 2.45) is 0 Å². The number of benzene rings is 1. The molecule has 0 aliphatic carbocycles. The largest absolute Gasteiger partial charge is 0.406 e. The lowest BCUT2D eigenvalue weighted by Gasteiger charge is -2.26. The first-order valence-electron chi connectivity index (χ1n) is 7.63. The van der Waals surface area contributed by atoms with Crippen molar-refractivity contribution < 1.29 is 18.0 Å². The molecule has 0 amide bonds. The second-order valence-electron chi connectivity index (χ2n) is 6.04. The van der Waals surface area contributed by atoms with Crippen LogP contribution < -0.4 is 4.84 Å². The summed E-state index contributed by atoms with van der Waals surface area (Å²) in [5, 5.41) is 2.60. The molecule has 1 aliphatic rings. The van der Waals surface area contributed by atoms with Gasteiger partial charge in [0, 0.05) is 30.0 Å². The van der Waals surface area contributed by atoms with Crippen molar-refractivity contribution >= 4 is 27.0 Å². The van der Waals surface area contributed by atoms with Gasteiger partial charge in [-0.2, -0.15) is 0 Å². The number of aldehydes is 1. The molecule has 124 valence electrons. The highest BCUT2D eigenvalue weighted by molar-refractivity contribution is 7.91. The van der Waals surface area contributed by atoms with E-state index >= 15 is 0 Å². The van der Waals surface area contributed by atoms with Gasteiger partial charge in [0.1, 0.15) is 5.75 Å². The number of carbonyl (C=O) groups is 1. The minimum Gasteiger partial charge on any atom is -0.406 e. The van der Waals surface area contributed by atoms with Crippen LogP contribution in [0.2, 0.25) is 0 Å². The molecule has 6 nitrogen and oxygen atoms in total. The van der Waals surface area contributed by atoms with Gasteiger partial charge in [0.15, 0.2) is 16.1 Å². The molecule has 1 aromatic heterocycles. The van der Waals surface area contributed by atoms with Crippen molar-refractivity contribution in [3.8, 4) is 5.75 Å². The molecule has 0 spiro atoms. The van der Waals surface area contributed by atoms with E-state index in [0.29, 0.717) is 24.5 Å². The van der Waals surface area contributed by atoms with Gasteiger partial charge < -0.3 is 9.40 Å². The maximum atomic E-state index is 11.4. The van der Waals surface area contributed by atoms with Gasteiger partial charge in [-0.3, -0.25) is 4.79 Å². The Balaban J connectivity index is 1.85. The molecule has 1 aliphatic heterocycles. The Labute approximate surface area is 135 Å². The number of sulfone groups is 1. The third-order valence-corrected chi connectivity index (χ3v) is 5.62. The van der Waals surface area contributed by atoms with Crippen LogP contribution in [0.3, 0.4) is 0 Å². The van der Waals surface area contributed by atoms with E-state index in [4.69, 9.17) is 4.84 Å². The molecule has 1 saturated heterocycles. The van der Waals surface area contributed by atoms with Crippen LogP contribution in [0.15, 0.2) is 24.3 Å². The zero-order valence-electron chi connectivity index (χ0n) is 13.2. The highest BCUT2D eigenvalue weighted by atomic mass is 32.2. The quantitative estimate of drug-likeness (QED) is 0.800. The summed E-state index contributed by atoms with van der Waals surface area (Å²) >= 11 is 0. The number of rotatable bonds is 4. The number of hydrogen-bond acceptors (Lipinski definition) is 5. The minimum absolute atomic E-state index is 0.119. The van der Waals surface area contributed by atoms with Crippen LogP contribution in [0.25, 0.3) is 10.9 Å². The first kappa shape index (κ1) is 16.0. The summed E-state index contributed by atoms with van der Waals surface area (Å²) in [6, 6.07) is 7.68. The lowest BCUT2D eigenvalue weighted by atomic mass is 10.2. The van der Waals surface area contributed by atoms with Crippen LogP contribution in [0.1, 0.15) is 30.4 Å². The van der Waals surface area contributed by atoms with Crippen LogP contribution in [-0.4, -0.2) is 48.9 Å². The van der Waals surface area contributed by atoms with E-state index in [9.17, 15) is 13.2 Å². The van der Waals surface area contributed by atoms with E-state index in [1.54, 1.807) is 5.06 Å². The smallest absolute Gasteiger partial charge is 0.166 e. The Kier molecular flexibility index (Phi) is 4.16. The third-order valence-electron chi connectivity index (χ3n) is 4.02. The molecule has 0 bridgehead atoms. The Morgan fingerprint density at radius 2 is 1.87 bits per heavy atom. The van der Waals surface area contributed by atoms with Gasteiger partial charge >= 0.3 is 0 Å². The molecule has 3 rings (SSSR count). The predicted octanol–water partition coefficient (Wildman–Crippen LogP) is 2.06. The van der Waals surface area contributed by atoms with Gasteiger partial charge in [0.05, 0.1) is 17.2 Å². The summed E-state index contributed by atoms with van der Waals surface area (Å²) in [6.07, 6.45) is 0.857. The zero-order chi connectivity index (χ0) is 16.6. The summed E-state index contributed by atoms with van der Waals surface area (Å²) in [6.45, 7) is 4.80. The van der Waals surface area contributed by atoms with Gasteiger partial charge in [0.25, 0.3) is 0 Å². The van der Waals surface area contributed by atoms with E-state index in [-0.39, 0.29) is 17.5 Å². The van der Waals surface area contributed by atoms with Crippen molar-refractivity contribution in [2.75, 3.05) is 24.6 Å². The van der Waals surface area contributed by atoms with E-state index in [1.807, 2.05) is 42.7 Å². The third kappa shape index (κ3) is 3.25. The fourth-order valence-electron chi connectivity index (χ4n) is 2.90. The molecule has 0 saturated carbocycles. The average Bonchev–Trinajstić information content (AvgIpc) is 2.87. The van der Waals surface area contributed by atoms with Crippen molar-refractivity contribution in [1.82, 2.24) is 9.63 Å². The molecule has 0 atom stereocenters. The number of hydrogen-bond donors (Lipinski definition) is 0. The average molecular weight is 336 g/mol. The Morgan fingerprint density at radius 3 is 2.48 bits per heavy atom. The summed E-state index contributed by atoms with van der Waals surface area (Å²) in [5.74, 6) is 0.887. The second-order valence-corrected chi connectivity index (χ2v) is 8.35. The first-order valence-corrected chi connectivity index (χ1v) is 9.45. The van der Waals surface area contributed by atoms with E-state index in [0.717, 1.165) is 17.2 Å². The van der Waals surface area contributed by atoms with Gasteiger partial charge in [-0.25, -0.2) is 8.42 Å². The number of carbonyl (C=O) groups excluding carboxylic acids is 1. The lowest BCUT2D eigenvalue weighted by molar-refractivity contribution is -0.0500. The Hall–Kier alpha value is -1.86. The number of hydroxylamine groups is 2. The molecule has 7 heteroatoms. The number of fused-ring (bicyclic) bond motifs is 1. The summed E-state index contributed by atoms with van der Waals surface area (Å²) in [7, 11) is -2.92. The van der Waals surface area contributed by atoms with Gasteiger partial charge in [-0.15, -0.1) is 5.06 Å². The zero-order valence-corrected chi connectivity index (χ0v) is 14.0. The second kappa shape index (κ2) is 5.98. The van der Waals surface area contributed by atoms with Gasteiger partial charge in [-0.05, 0) is 38.1 Å². The van der Waals surface area contributed by atoms with Crippen LogP contribution in [0.4, 0.5) is 0 Å². The number of aromatic nitrogens is 1. The molecule has 0 unspecified atom stereocenters. The van der Waals surface area contributed by atoms with Gasteiger partial charge in [0.2, 0.25) is 0 Å². The maximum absolute atomic E-state index is 11.4. The molecule has 0 N–H and O–H groups in total. The number of nitrogens with zero attached hydrogens (tertiary/aromatic N) is 2. The van der Waals surface area contributed by atoms with Crippen LogP contribution in [0, 0.1) is 0 Å². The fraction of sp³-hybridized carbons (Fsp3) is 0.438. The SMILES string of the molecule is CC(C)n1c(C=O)cc2cc(ON3CCS(=O)(=O)CC3)ccc21. The van der Waals surface area contributed by atoms with Gasteiger partial charge in [-0.1, -0.05) is 0 Å². The van der Waals surface area contributed by atoms with Crippen LogP contribution >= 0.6 is 0 Å². The van der Waals surface area contributed by atoms with Crippen LogP contribution in [0.5, 0.6) is 5.75 Å². The van der Waals surface area contributed by atoms with Crippen molar-refractivity contribution in [1.29, 1.82) is 0 Å². The summed E-state index contributed by atoms with van der Waals surface area (Å²) in [5.41, 5.74) is 1.62. The van der Waals surface area contributed by atoms with Crippen molar-refractivity contribution in [3.63, 3.8) is 0 Å². The lowest BCUT2D eigenvalue weighted by Crippen LogP contribution is -2.42. The fourth-order valence-corrected chi connectivity index (χ4v) is 4.06. The predicted molar refractivity (Wildman–Crippen MR) is 88.6 cm³/mol. The Bertz CT molecular complexity index is 825. The molecule has 1 fully saturated rings. The Morgan fingerprint density at radius 1 is 1.17 bits per heavy atom. The highest BCUT2D eigenvalue weighted by Crippen LogP contribution is 2.27. The van der Waals surface area contributed by atoms with Crippen molar-refractivity contribution in [2.45, 2.75) is 19.9 Å². The molecule has 23 heavy (non-hydrogen) atoms. The highest BCUT2D eigenvalue weighted by Gasteiger charge is 2.23. The van der Waals surface area contributed by atoms with Crippen molar-refractivity contribution in [3.05, 3.63) is 30.0 Å². The first-order chi connectivity index (χ1) is 10.9. The monoisotopic (exact) mass is 336 g/mol. The normalized spacial score (nSPS) is 18.4. The molecule has 1 aromatic carbocycles. The molecule has 2 aromatic rings. The maximum Gasteiger partial charge on any atom is 0.166 e. The molecule has 2 heterocycles. The van der Waals surface area contributed by atoms with E-state index in [1.165, 1.54) is 0 Å². The standard InChI is InChI=1S/C16H20N2O4S/c1-12(2)18-14(11-19)9-13-10-15(3-4-16(13)18)22-17-5-7-23(20,21)8-6-17/h3-4,9-12H,5-8H2,1-2H3. The summed E-state index contributed by atoms with van der Waals surface area (Å²) in [4.78, 5) is 17.0. The van der Waals surface area contributed by atoms with Crippen LogP contribution in [-0.2, 0) is 9.84 Å². The molecular weight excluding hydrogens is 316 g/mol. The van der Waals surface area contributed by atoms with E-state index < -0.39 is 9.84 Å². The molecule has 0 radical (unpaired) electrons. The topological polar surface area (TPSA) is 68.6 Å². The summed E-state index contributed by atoms with van der Waals surface area (Å²) < 4.78 is 24.9. The van der Waals surface area contributed by atoms with E-state index in [2.05, 4.69) is 0 Å². The minimum atomic E-state index is -2.92. The molecular formula is C16H20N2O4S.